The standard InChI is InChI=1S/C24H17N3O3S/c25-13-19-16-5-3-4-8-20(16)31-22(19)26-21(28)14-9-11-15(12-10-14)27-23(29)17-6-1-2-7-18(17)24(27)30/h1-2,6-7,9-12H,3-5,8H2,(H,26,28). The number of carbonyl (C=O) groups excluding carboxylic acids is 3. The Kier molecular flexibility index (Phi) is 4.64. The Hall–Kier alpha value is -3.76. The molecule has 31 heavy (non-hydrogen) atoms. The Morgan fingerprint density at radius 3 is 2.26 bits per heavy atom. The van der Waals surface area contributed by atoms with E-state index in [1.54, 1.807) is 48.5 Å². The predicted molar refractivity (Wildman–Crippen MR) is 118 cm³/mol. The number of anilines is 2. The molecule has 5 rings (SSSR count). The van der Waals surface area contributed by atoms with Crippen LogP contribution in [0.5, 0.6) is 0 Å². The van der Waals surface area contributed by atoms with Gasteiger partial charge in [-0.2, -0.15) is 5.26 Å². The van der Waals surface area contributed by atoms with Gasteiger partial charge < -0.3 is 5.32 Å². The van der Waals surface area contributed by atoms with E-state index >= 15 is 0 Å². The minimum absolute atomic E-state index is 0.330. The summed E-state index contributed by atoms with van der Waals surface area (Å²) in [5.41, 5.74) is 3.17. The van der Waals surface area contributed by atoms with E-state index in [-0.39, 0.29) is 17.7 Å². The molecule has 1 aliphatic carbocycles. The van der Waals surface area contributed by atoms with E-state index in [0.717, 1.165) is 36.1 Å². The molecular weight excluding hydrogens is 410 g/mol. The van der Waals surface area contributed by atoms with Gasteiger partial charge in [0.25, 0.3) is 17.7 Å². The highest BCUT2D eigenvalue weighted by molar-refractivity contribution is 7.16. The Morgan fingerprint density at radius 1 is 0.968 bits per heavy atom. The Labute approximate surface area is 182 Å². The van der Waals surface area contributed by atoms with E-state index in [2.05, 4.69) is 11.4 Å². The smallest absolute Gasteiger partial charge is 0.266 e. The molecule has 6 nitrogen and oxygen atoms in total. The highest BCUT2D eigenvalue weighted by Crippen LogP contribution is 2.38. The van der Waals surface area contributed by atoms with Gasteiger partial charge in [0.05, 0.1) is 22.4 Å². The summed E-state index contributed by atoms with van der Waals surface area (Å²) in [6.45, 7) is 0. The van der Waals surface area contributed by atoms with Crippen LogP contribution in [0.1, 0.15) is 59.9 Å². The van der Waals surface area contributed by atoms with Crippen LogP contribution >= 0.6 is 11.3 Å². The topological polar surface area (TPSA) is 90.3 Å². The molecule has 0 unspecified atom stereocenters. The number of benzene rings is 2. The lowest BCUT2D eigenvalue weighted by Gasteiger charge is -2.14. The molecule has 1 aromatic heterocycles. The SMILES string of the molecule is N#Cc1c(NC(=O)c2ccc(N3C(=O)c4ccccc4C3=O)cc2)sc2c1CCCC2. The summed E-state index contributed by atoms with van der Waals surface area (Å²) in [5, 5.41) is 13.0. The van der Waals surface area contributed by atoms with Crippen molar-refractivity contribution >= 4 is 39.7 Å². The first-order valence-corrected chi connectivity index (χ1v) is 10.8. The lowest BCUT2D eigenvalue weighted by Crippen LogP contribution is -2.29. The molecule has 1 aliphatic heterocycles. The van der Waals surface area contributed by atoms with Gasteiger partial charge in [-0.25, -0.2) is 4.90 Å². The highest BCUT2D eigenvalue weighted by Gasteiger charge is 2.36. The number of hydrogen-bond donors (Lipinski definition) is 1. The van der Waals surface area contributed by atoms with Crippen molar-refractivity contribution in [2.75, 3.05) is 10.2 Å². The van der Waals surface area contributed by atoms with Gasteiger partial charge in [-0.15, -0.1) is 11.3 Å². The van der Waals surface area contributed by atoms with Crippen molar-refractivity contribution in [3.63, 3.8) is 0 Å². The van der Waals surface area contributed by atoms with Crippen molar-refractivity contribution in [1.82, 2.24) is 0 Å². The summed E-state index contributed by atoms with van der Waals surface area (Å²) in [6, 6.07) is 15.3. The Bertz CT molecular complexity index is 1250. The normalized spacial score (nSPS) is 14.7. The average molecular weight is 427 g/mol. The van der Waals surface area contributed by atoms with E-state index in [9.17, 15) is 19.6 Å². The molecule has 152 valence electrons. The number of nitriles is 1. The number of nitrogens with one attached hydrogen (secondary N) is 1. The van der Waals surface area contributed by atoms with Crippen LogP contribution in [-0.4, -0.2) is 17.7 Å². The minimum Gasteiger partial charge on any atom is -0.312 e. The second-order valence-corrected chi connectivity index (χ2v) is 8.62. The summed E-state index contributed by atoms with van der Waals surface area (Å²) in [7, 11) is 0. The molecule has 0 atom stereocenters. The largest absolute Gasteiger partial charge is 0.312 e. The quantitative estimate of drug-likeness (QED) is 0.621. The number of rotatable bonds is 3. The Balaban J connectivity index is 1.37. The first kappa shape index (κ1) is 19.2. The van der Waals surface area contributed by atoms with Gasteiger partial charge in [-0.1, -0.05) is 12.1 Å². The van der Waals surface area contributed by atoms with Crippen LogP contribution < -0.4 is 10.2 Å². The molecule has 2 aromatic carbocycles. The summed E-state index contributed by atoms with van der Waals surface area (Å²) < 4.78 is 0. The maximum absolute atomic E-state index is 12.8. The number of thiophene rings is 1. The lowest BCUT2D eigenvalue weighted by atomic mass is 9.96. The van der Waals surface area contributed by atoms with Crippen molar-refractivity contribution in [2.45, 2.75) is 25.7 Å². The van der Waals surface area contributed by atoms with Gasteiger partial charge in [0.15, 0.2) is 0 Å². The molecule has 0 saturated carbocycles. The van der Waals surface area contributed by atoms with Crippen LogP contribution in [0.15, 0.2) is 48.5 Å². The molecule has 3 aromatic rings. The third-order valence-electron chi connectivity index (χ3n) is 5.69. The number of imide groups is 1. The van der Waals surface area contributed by atoms with E-state index < -0.39 is 0 Å². The summed E-state index contributed by atoms with van der Waals surface area (Å²) in [4.78, 5) is 40.3. The lowest BCUT2D eigenvalue weighted by molar-refractivity contribution is 0.0925. The van der Waals surface area contributed by atoms with Crippen molar-refractivity contribution in [3.05, 3.63) is 81.2 Å². The fraction of sp³-hybridized carbons (Fsp3) is 0.167. The number of hydrogen-bond acceptors (Lipinski definition) is 5. The second kappa shape index (κ2) is 7.49. The van der Waals surface area contributed by atoms with Crippen molar-refractivity contribution in [1.29, 1.82) is 5.26 Å². The average Bonchev–Trinajstić information content (AvgIpc) is 3.28. The molecule has 0 saturated heterocycles. The molecule has 7 heteroatoms. The van der Waals surface area contributed by atoms with Gasteiger partial charge >= 0.3 is 0 Å². The van der Waals surface area contributed by atoms with Crippen LogP contribution in [0.3, 0.4) is 0 Å². The molecule has 0 fully saturated rings. The molecule has 0 bridgehead atoms. The summed E-state index contributed by atoms with van der Waals surface area (Å²) >= 11 is 1.47. The number of amides is 3. The van der Waals surface area contributed by atoms with Crippen LogP contribution in [0.2, 0.25) is 0 Å². The second-order valence-electron chi connectivity index (χ2n) is 7.52. The molecular formula is C24H17N3O3S. The van der Waals surface area contributed by atoms with Crippen molar-refractivity contribution in [2.24, 2.45) is 0 Å². The zero-order chi connectivity index (χ0) is 21.5. The number of nitrogens with zero attached hydrogens (tertiary/aromatic N) is 2. The zero-order valence-corrected chi connectivity index (χ0v) is 17.3. The molecule has 2 aliphatic rings. The molecule has 0 spiro atoms. The predicted octanol–water partition coefficient (Wildman–Crippen LogP) is 4.55. The van der Waals surface area contributed by atoms with Gasteiger partial charge in [-0.05, 0) is 67.6 Å². The maximum Gasteiger partial charge on any atom is 0.266 e. The monoisotopic (exact) mass is 427 g/mol. The van der Waals surface area contributed by atoms with Crippen LogP contribution in [-0.2, 0) is 12.8 Å². The van der Waals surface area contributed by atoms with Crippen LogP contribution in [0, 0.1) is 11.3 Å². The maximum atomic E-state index is 12.8. The number of fused-ring (bicyclic) bond motifs is 2. The fourth-order valence-electron chi connectivity index (χ4n) is 4.13. The number of aryl methyl sites for hydroxylation is 1. The van der Waals surface area contributed by atoms with E-state index in [1.165, 1.54) is 16.2 Å². The van der Waals surface area contributed by atoms with E-state index in [4.69, 9.17) is 0 Å². The van der Waals surface area contributed by atoms with Gasteiger partial charge in [0, 0.05) is 10.4 Å². The molecule has 2 heterocycles. The van der Waals surface area contributed by atoms with E-state index in [1.807, 2.05) is 0 Å². The highest BCUT2D eigenvalue weighted by atomic mass is 32.1. The summed E-state index contributed by atoms with van der Waals surface area (Å²) in [5.74, 6) is -1.08. The van der Waals surface area contributed by atoms with Gasteiger partial charge in [0.1, 0.15) is 11.1 Å². The van der Waals surface area contributed by atoms with Crippen LogP contribution in [0.4, 0.5) is 10.7 Å². The third kappa shape index (κ3) is 3.13. The Morgan fingerprint density at radius 2 is 1.61 bits per heavy atom. The van der Waals surface area contributed by atoms with Gasteiger partial charge in [0.2, 0.25) is 0 Å². The first-order chi connectivity index (χ1) is 15.1. The van der Waals surface area contributed by atoms with Crippen molar-refractivity contribution in [3.8, 4) is 6.07 Å². The molecule has 1 N–H and O–H groups in total. The molecule has 0 radical (unpaired) electrons. The first-order valence-electron chi connectivity index (χ1n) is 10.0. The fourth-order valence-corrected chi connectivity index (χ4v) is 5.37. The third-order valence-corrected chi connectivity index (χ3v) is 6.90. The minimum atomic E-state index is -0.374. The van der Waals surface area contributed by atoms with E-state index in [0.29, 0.717) is 32.9 Å². The van der Waals surface area contributed by atoms with Gasteiger partial charge in [-0.3, -0.25) is 14.4 Å². The number of carbonyl (C=O) groups is 3. The van der Waals surface area contributed by atoms with Crippen LogP contribution in [0.25, 0.3) is 0 Å². The van der Waals surface area contributed by atoms with Crippen molar-refractivity contribution < 1.29 is 14.4 Å². The summed E-state index contributed by atoms with van der Waals surface area (Å²) in [6.07, 6.45) is 3.98. The molecule has 3 amide bonds. The zero-order valence-electron chi connectivity index (χ0n) is 16.5.